The van der Waals surface area contributed by atoms with Gasteiger partial charge in [-0.15, -0.1) is 0 Å². The van der Waals surface area contributed by atoms with Crippen LogP contribution < -0.4 is 4.74 Å². The number of hydrogen-bond donors (Lipinski definition) is 0. The van der Waals surface area contributed by atoms with Crippen LogP contribution in [0.3, 0.4) is 0 Å². The first-order chi connectivity index (χ1) is 14.7. The third-order valence-electron chi connectivity index (χ3n) is 5.54. The van der Waals surface area contributed by atoms with Gasteiger partial charge in [-0.25, -0.2) is 13.8 Å². The summed E-state index contributed by atoms with van der Waals surface area (Å²) in [5.74, 6) is -2.12. The van der Waals surface area contributed by atoms with Gasteiger partial charge in [0.2, 0.25) is 0 Å². The summed E-state index contributed by atoms with van der Waals surface area (Å²) in [4.78, 5) is 9.47. The van der Waals surface area contributed by atoms with Crippen molar-refractivity contribution in [3.05, 3.63) is 53.0 Å². The van der Waals surface area contributed by atoms with Crippen molar-refractivity contribution in [3.63, 3.8) is 0 Å². The van der Waals surface area contributed by atoms with E-state index < -0.39 is 5.92 Å². The summed E-state index contributed by atoms with van der Waals surface area (Å²) >= 11 is 0. The van der Waals surface area contributed by atoms with Gasteiger partial charge in [-0.1, -0.05) is 6.07 Å². The van der Waals surface area contributed by atoms with E-state index in [1.54, 1.807) is 12.1 Å². The third-order valence-corrected chi connectivity index (χ3v) is 5.54. The molecule has 31 heavy (non-hydrogen) atoms. The lowest BCUT2D eigenvalue weighted by atomic mass is 10.0. The number of pyridine rings is 1. The van der Waals surface area contributed by atoms with Crippen molar-refractivity contribution in [2.24, 2.45) is 0 Å². The van der Waals surface area contributed by atoms with Crippen molar-refractivity contribution >= 4 is 0 Å². The number of imidazole rings is 1. The summed E-state index contributed by atoms with van der Waals surface area (Å²) in [6.07, 6.45) is 0.735. The number of rotatable bonds is 4. The molecule has 0 aliphatic carbocycles. The molecule has 3 aromatic rings. The molecule has 164 valence electrons. The van der Waals surface area contributed by atoms with Crippen LogP contribution in [0.15, 0.2) is 30.3 Å². The van der Waals surface area contributed by atoms with E-state index in [0.29, 0.717) is 13.2 Å². The average molecular weight is 427 g/mol. The van der Waals surface area contributed by atoms with Crippen molar-refractivity contribution in [2.75, 3.05) is 13.7 Å². The molecule has 0 radical (unpaired) electrons. The van der Waals surface area contributed by atoms with Gasteiger partial charge in [0, 0.05) is 41.6 Å². The highest BCUT2D eigenvalue weighted by molar-refractivity contribution is 5.70. The Kier molecular flexibility index (Phi) is 5.56. The molecule has 2 aromatic heterocycles. The molecular weight excluding hydrogens is 400 g/mol. The maximum atomic E-state index is 14.0. The first kappa shape index (κ1) is 21.4. The van der Waals surface area contributed by atoms with Gasteiger partial charge in [-0.05, 0) is 45.0 Å². The van der Waals surface area contributed by atoms with Crippen molar-refractivity contribution in [1.29, 1.82) is 0 Å². The summed E-state index contributed by atoms with van der Waals surface area (Å²) in [5.41, 5.74) is 5.39. The van der Waals surface area contributed by atoms with Crippen molar-refractivity contribution in [3.8, 4) is 28.4 Å². The molecule has 1 unspecified atom stereocenters. The smallest absolute Gasteiger partial charge is 0.274 e. The van der Waals surface area contributed by atoms with Crippen molar-refractivity contribution in [2.45, 2.75) is 52.7 Å². The molecule has 1 aromatic carbocycles. The highest BCUT2D eigenvalue weighted by Gasteiger charge is 2.30. The molecule has 0 saturated carbocycles. The SMILES string of the molecule is COc1cc(-c2nc(-c3cc(C)nc(C)c3)c3n2CC(C)OCC3)ccc1C(C)(F)F. The largest absolute Gasteiger partial charge is 0.496 e. The van der Waals surface area contributed by atoms with E-state index in [1.807, 2.05) is 32.9 Å². The van der Waals surface area contributed by atoms with Crippen LogP contribution in [0.4, 0.5) is 8.78 Å². The fourth-order valence-corrected chi connectivity index (χ4v) is 4.22. The fraction of sp³-hybridized carbons (Fsp3) is 0.417. The standard InChI is InChI=1S/C24H27F2N3O2/c1-14-10-18(11-15(2)27-14)22-20-8-9-31-16(3)13-29(20)23(28-22)17-6-7-19(24(4,25)26)21(12-17)30-5/h6-7,10-12,16H,8-9,13H2,1-5H3. The minimum Gasteiger partial charge on any atom is -0.496 e. The number of methoxy groups -OCH3 is 1. The highest BCUT2D eigenvalue weighted by atomic mass is 19.3. The van der Waals surface area contributed by atoms with Gasteiger partial charge in [0.25, 0.3) is 5.92 Å². The van der Waals surface area contributed by atoms with Crippen LogP contribution in [0.1, 0.15) is 36.5 Å². The second-order valence-corrected chi connectivity index (χ2v) is 8.21. The molecule has 5 nitrogen and oxygen atoms in total. The van der Waals surface area contributed by atoms with E-state index in [-0.39, 0.29) is 17.4 Å². The maximum absolute atomic E-state index is 14.0. The Morgan fingerprint density at radius 3 is 2.45 bits per heavy atom. The topological polar surface area (TPSA) is 49.2 Å². The van der Waals surface area contributed by atoms with Gasteiger partial charge >= 0.3 is 0 Å². The Morgan fingerprint density at radius 1 is 1.10 bits per heavy atom. The number of benzene rings is 1. The van der Waals surface area contributed by atoms with Crippen LogP contribution in [0.2, 0.25) is 0 Å². The van der Waals surface area contributed by atoms with Gasteiger partial charge in [0.05, 0.1) is 37.6 Å². The van der Waals surface area contributed by atoms with E-state index in [9.17, 15) is 8.78 Å². The predicted molar refractivity (Wildman–Crippen MR) is 116 cm³/mol. The second-order valence-electron chi connectivity index (χ2n) is 8.21. The van der Waals surface area contributed by atoms with Crippen molar-refractivity contribution in [1.82, 2.24) is 14.5 Å². The summed E-state index contributed by atoms with van der Waals surface area (Å²) < 4.78 is 41.3. The summed E-state index contributed by atoms with van der Waals surface area (Å²) in [6.45, 7) is 8.07. The monoisotopic (exact) mass is 427 g/mol. The Morgan fingerprint density at radius 2 is 1.81 bits per heavy atom. The van der Waals surface area contributed by atoms with Gasteiger partial charge in [0.1, 0.15) is 11.6 Å². The molecule has 4 rings (SSSR count). The highest BCUT2D eigenvalue weighted by Crippen LogP contribution is 2.38. The average Bonchev–Trinajstić information content (AvgIpc) is 2.92. The van der Waals surface area contributed by atoms with E-state index in [1.165, 1.54) is 13.2 Å². The zero-order valence-electron chi connectivity index (χ0n) is 18.5. The third kappa shape index (κ3) is 4.19. The Balaban J connectivity index is 1.92. The van der Waals surface area contributed by atoms with Crippen LogP contribution >= 0.6 is 0 Å². The molecule has 0 spiro atoms. The summed E-state index contributed by atoms with van der Waals surface area (Å²) in [7, 11) is 1.41. The number of alkyl halides is 2. The molecule has 1 aliphatic heterocycles. The number of aryl methyl sites for hydroxylation is 2. The Hall–Kier alpha value is -2.80. The number of halogens is 2. The Bertz CT molecular complexity index is 1100. The zero-order valence-corrected chi connectivity index (χ0v) is 18.5. The first-order valence-corrected chi connectivity index (χ1v) is 10.4. The zero-order chi connectivity index (χ0) is 22.3. The lowest BCUT2D eigenvalue weighted by Crippen LogP contribution is -2.15. The van der Waals surface area contributed by atoms with E-state index in [2.05, 4.69) is 9.55 Å². The fourth-order valence-electron chi connectivity index (χ4n) is 4.22. The lowest BCUT2D eigenvalue weighted by molar-refractivity contribution is 0.0151. The molecule has 0 N–H and O–H groups in total. The normalized spacial score (nSPS) is 16.7. The number of ether oxygens (including phenoxy) is 2. The molecule has 7 heteroatoms. The predicted octanol–water partition coefficient (Wildman–Crippen LogP) is 5.31. The quantitative estimate of drug-likeness (QED) is 0.566. The van der Waals surface area contributed by atoms with Gasteiger partial charge in [-0.2, -0.15) is 0 Å². The molecule has 0 bridgehead atoms. The number of fused-ring (bicyclic) bond motifs is 1. The lowest BCUT2D eigenvalue weighted by Gasteiger charge is -2.17. The Labute approximate surface area is 181 Å². The van der Waals surface area contributed by atoms with E-state index >= 15 is 0 Å². The van der Waals surface area contributed by atoms with Crippen LogP contribution in [0.25, 0.3) is 22.6 Å². The molecule has 0 fully saturated rings. The van der Waals surface area contributed by atoms with E-state index in [0.717, 1.165) is 53.1 Å². The van der Waals surface area contributed by atoms with Crippen molar-refractivity contribution < 1.29 is 18.3 Å². The summed E-state index contributed by atoms with van der Waals surface area (Å²) in [6, 6.07) is 8.81. The molecular formula is C24H27F2N3O2. The number of aromatic nitrogens is 3. The van der Waals surface area contributed by atoms with E-state index in [4.69, 9.17) is 14.5 Å². The summed E-state index contributed by atoms with van der Waals surface area (Å²) in [5, 5.41) is 0. The molecule has 1 aliphatic rings. The van der Waals surface area contributed by atoms with Gasteiger partial charge < -0.3 is 14.0 Å². The number of hydrogen-bond acceptors (Lipinski definition) is 4. The maximum Gasteiger partial charge on any atom is 0.274 e. The molecule has 1 atom stereocenters. The van der Waals surface area contributed by atoms with Crippen LogP contribution in [0.5, 0.6) is 5.75 Å². The molecule has 3 heterocycles. The van der Waals surface area contributed by atoms with Crippen LogP contribution in [-0.2, 0) is 23.6 Å². The molecule has 0 amide bonds. The first-order valence-electron chi connectivity index (χ1n) is 10.4. The van der Waals surface area contributed by atoms with Crippen LogP contribution in [0, 0.1) is 13.8 Å². The minimum atomic E-state index is -2.99. The minimum absolute atomic E-state index is 0.0177. The van der Waals surface area contributed by atoms with Gasteiger partial charge in [0.15, 0.2) is 0 Å². The van der Waals surface area contributed by atoms with Gasteiger partial charge in [-0.3, -0.25) is 4.98 Å². The number of nitrogens with zero attached hydrogens (tertiary/aromatic N) is 3. The van der Waals surface area contributed by atoms with Crippen LogP contribution in [-0.4, -0.2) is 34.4 Å². The molecule has 0 saturated heterocycles. The second kappa shape index (κ2) is 8.04.